The lowest BCUT2D eigenvalue weighted by molar-refractivity contribution is 0.0951. The predicted molar refractivity (Wildman–Crippen MR) is 87.2 cm³/mol. The van der Waals surface area contributed by atoms with Crippen molar-refractivity contribution in [1.29, 1.82) is 0 Å². The minimum Gasteiger partial charge on any atom is -0.398 e. The summed E-state index contributed by atoms with van der Waals surface area (Å²) < 4.78 is 0. The number of hydrogen-bond donors (Lipinski definition) is 2. The maximum absolute atomic E-state index is 12.4. The molecule has 0 aliphatic heterocycles. The molecule has 0 aliphatic rings. The van der Waals surface area contributed by atoms with Crippen molar-refractivity contribution in [2.24, 2.45) is 0 Å². The summed E-state index contributed by atoms with van der Waals surface area (Å²) in [5.41, 5.74) is 9.05. The molecule has 1 amide bonds. The Bertz CT molecular complexity index is 609. The summed E-state index contributed by atoms with van der Waals surface area (Å²) in [6, 6.07) is 15.2. The molecule has 0 aromatic heterocycles. The molecule has 110 valence electrons. The summed E-state index contributed by atoms with van der Waals surface area (Å²) in [5.74, 6) is -0.0944. The van der Waals surface area contributed by atoms with Gasteiger partial charge in [-0.05, 0) is 31.8 Å². The SMILES string of the molecule is CN(C)CCNC(=O)c1cccc(N)c1-c1ccccc1. The van der Waals surface area contributed by atoms with Gasteiger partial charge in [0.1, 0.15) is 0 Å². The smallest absolute Gasteiger partial charge is 0.252 e. The maximum Gasteiger partial charge on any atom is 0.252 e. The number of anilines is 1. The lowest BCUT2D eigenvalue weighted by Gasteiger charge is -2.14. The third kappa shape index (κ3) is 3.83. The average molecular weight is 283 g/mol. The van der Waals surface area contributed by atoms with Crippen LogP contribution < -0.4 is 11.1 Å². The normalized spacial score (nSPS) is 10.6. The van der Waals surface area contributed by atoms with Crippen LogP contribution in [0.15, 0.2) is 48.5 Å². The molecule has 2 aromatic rings. The molecule has 0 aliphatic carbocycles. The summed E-state index contributed by atoms with van der Waals surface area (Å²) in [4.78, 5) is 14.4. The third-order valence-electron chi connectivity index (χ3n) is 3.25. The Morgan fingerprint density at radius 3 is 2.48 bits per heavy atom. The van der Waals surface area contributed by atoms with Crippen LogP contribution in [0, 0.1) is 0 Å². The van der Waals surface area contributed by atoms with Crippen molar-refractivity contribution < 1.29 is 4.79 Å². The molecule has 0 fully saturated rings. The van der Waals surface area contributed by atoms with Crippen LogP contribution in [0.1, 0.15) is 10.4 Å². The van der Waals surface area contributed by atoms with Gasteiger partial charge in [-0.3, -0.25) is 4.79 Å². The van der Waals surface area contributed by atoms with E-state index in [1.807, 2.05) is 67.5 Å². The minimum atomic E-state index is -0.0944. The van der Waals surface area contributed by atoms with Crippen molar-refractivity contribution in [2.45, 2.75) is 0 Å². The van der Waals surface area contributed by atoms with Crippen molar-refractivity contribution in [3.05, 3.63) is 54.1 Å². The van der Waals surface area contributed by atoms with Gasteiger partial charge >= 0.3 is 0 Å². The van der Waals surface area contributed by atoms with Crippen molar-refractivity contribution in [3.8, 4) is 11.1 Å². The molecular formula is C17H21N3O. The number of nitrogens with two attached hydrogens (primary N) is 1. The lowest BCUT2D eigenvalue weighted by Crippen LogP contribution is -2.31. The maximum atomic E-state index is 12.4. The molecule has 0 spiro atoms. The molecule has 2 aromatic carbocycles. The number of rotatable bonds is 5. The van der Waals surface area contributed by atoms with E-state index in [1.54, 1.807) is 0 Å². The molecule has 0 heterocycles. The van der Waals surface area contributed by atoms with Gasteiger partial charge in [-0.2, -0.15) is 0 Å². The highest BCUT2D eigenvalue weighted by Crippen LogP contribution is 2.29. The fourth-order valence-electron chi connectivity index (χ4n) is 2.17. The fourth-order valence-corrected chi connectivity index (χ4v) is 2.17. The summed E-state index contributed by atoms with van der Waals surface area (Å²) in [5, 5.41) is 2.93. The summed E-state index contributed by atoms with van der Waals surface area (Å²) in [6.07, 6.45) is 0. The van der Waals surface area contributed by atoms with Gasteiger partial charge in [-0.15, -0.1) is 0 Å². The first-order chi connectivity index (χ1) is 10.1. The number of carbonyl (C=O) groups is 1. The Balaban J connectivity index is 2.28. The number of amides is 1. The molecule has 0 radical (unpaired) electrons. The van der Waals surface area contributed by atoms with Gasteiger partial charge in [-0.25, -0.2) is 0 Å². The van der Waals surface area contributed by atoms with Crippen molar-refractivity contribution in [1.82, 2.24) is 10.2 Å². The van der Waals surface area contributed by atoms with E-state index in [0.717, 1.165) is 17.7 Å². The first kappa shape index (κ1) is 15.1. The van der Waals surface area contributed by atoms with E-state index in [0.29, 0.717) is 17.8 Å². The summed E-state index contributed by atoms with van der Waals surface area (Å²) in [6.45, 7) is 1.41. The van der Waals surface area contributed by atoms with Gasteiger partial charge < -0.3 is 16.0 Å². The second kappa shape index (κ2) is 6.90. The van der Waals surface area contributed by atoms with Crippen LogP contribution in [0.25, 0.3) is 11.1 Å². The largest absolute Gasteiger partial charge is 0.398 e. The van der Waals surface area contributed by atoms with Crippen LogP contribution in [-0.2, 0) is 0 Å². The van der Waals surface area contributed by atoms with Crippen molar-refractivity contribution in [2.75, 3.05) is 32.9 Å². The lowest BCUT2D eigenvalue weighted by atomic mass is 9.97. The Hall–Kier alpha value is -2.33. The second-order valence-corrected chi connectivity index (χ2v) is 5.20. The van der Waals surface area contributed by atoms with E-state index in [4.69, 9.17) is 5.73 Å². The van der Waals surface area contributed by atoms with E-state index in [-0.39, 0.29) is 5.91 Å². The van der Waals surface area contributed by atoms with E-state index in [9.17, 15) is 4.79 Å². The van der Waals surface area contributed by atoms with Crippen molar-refractivity contribution in [3.63, 3.8) is 0 Å². The fraction of sp³-hybridized carbons (Fsp3) is 0.235. The highest BCUT2D eigenvalue weighted by atomic mass is 16.1. The third-order valence-corrected chi connectivity index (χ3v) is 3.25. The van der Waals surface area contributed by atoms with Gasteiger partial charge in [0.2, 0.25) is 0 Å². The van der Waals surface area contributed by atoms with Gasteiger partial charge in [0.15, 0.2) is 0 Å². The van der Waals surface area contributed by atoms with Gasteiger partial charge in [-0.1, -0.05) is 36.4 Å². The number of benzene rings is 2. The standard InChI is InChI=1S/C17H21N3O/c1-20(2)12-11-19-17(21)14-9-6-10-15(18)16(14)13-7-4-3-5-8-13/h3-10H,11-12,18H2,1-2H3,(H,19,21). The van der Waals surface area contributed by atoms with Crippen LogP contribution in [-0.4, -0.2) is 38.0 Å². The Kier molecular flexibility index (Phi) is 4.95. The van der Waals surface area contributed by atoms with Crippen molar-refractivity contribution >= 4 is 11.6 Å². The van der Waals surface area contributed by atoms with Crippen LogP contribution in [0.5, 0.6) is 0 Å². The summed E-state index contributed by atoms with van der Waals surface area (Å²) >= 11 is 0. The highest BCUT2D eigenvalue weighted by molar-refractivity contribution is 6.03. The average Bonchev–Trinajstić information content (AvgIpc) is 2.47. The van der Waals surface area contributed by atoms with Crippen LogP contribution >= 0.6 is 0 Å². The molecule has 4 heteroatoms. The summed E-state index contributed by atoms with van der Waals surface area (Å²) in [7, 11) is 3.95. The molecule has 0 bridgehead atoms. The quantitative estimate of drug-likeness (QED) is 0.827. The predicted octanol–water partition coefficient (Wildman–Crippen LogP) is 2.23. The van der Waals surface area contributed by atoms with E-state index < -0.39 is 0 Å². The number of likely N-dealkylation sites (N-methyl/N-ethyl adjacent to an activating group) is 1. The molecule has 0 unspecified atom stereocenters. The first-order valence-corrected chi connectivity index (χ1v) is 6.96. The first-order valence-electron chi connectivity index (χ1n) is 6.96. The Labute approximate surface area is 125 Å². The van der Waals surface area contributed by atoms with Crippen LogP contribution in [0.2, 0.25) is 0 Å². The topological polar surface area (TPSA) is 58.4 Å². The second-order valence-electron chi connectivity index (χ2n) is 5.20. The molecule has 0 saturated heterocycles. The van der Waals surface area contributed by atoms with Crippen LogP contribution in [0.4, 0.5) is 5.69 Å². The van der Waals surface area contributed by atoms with Gasteiger partial charge in [0.05, 0.1) is 0 Å². The van der Waals surface area contributed by atoms with E-state index in [1.165, 1.54) is 0 Å². The molecule has 4 nitrogen and oxygen atoms in total. The number of nitrogens with one attached hydrogen (secondary N) is 1. The zero-order valence-corrected chi connectivity index (χ0v) is 12.5. The molecule has 0 saturated carbocycles. The number of carbonyl (C=O) groups excluding carboxylic acids is 1. The van der Waals surface area contributed by atoms with E-state index >= 15 is 0 Å². The van der Waals surface area contributed by atoms with Gasteiger partial charge in [0.25, 0.3) is 5.91 Å². The Morgan fingerprint density at radius 1 is 1.10 bits per heavy atom. The minimum absolute atomic E-state index is 0.0944. The van der Waals surface area contributed by atoms with Gasteiger partial charge in [0, 0.05) is 29.9 Å². The molecule has 0 atom stereocenters. The Morgan fingerprint density at radius 2 is 1.81 bits per heavy atom. The molecular weight excluding hydrogens is 262 g/mol. The molecule has 3 N–H and O–H groups in total. The highest BCUT2D eigenvalue weighted by Gasteiger charge is 2.14. The number of hydrogen-bond acceptors (Lipinski definition) is 3. The number of nitrogens with zero attached hydrogens (tertiary/aromatic N) is 1. The van der Waals surface area contributed by atoms with Crippen LogP contribution in [0.3, 0.4) is 0 Å². The monoisotopic (exact) mass is 283 g/mol. The number of nitrogen functional groups attached to an aromatic ring is 1. The zero-order valence-electron chi connectivity index (χ0n) is 12.5. The zero-order chi connectivity index (χ0) is 15.2. The molecule has 2 rings (SSSR count). The van der Waals surface area contributed by atoms with E-state index in [2.05, 4.69) is 5.32 Å². The molecule has 21 heavy (non-hydrogen) atoms.